The summed E-state index contributed by atoms with van der Waals surface area (Å²) >= 11 is 12.6. The van der Waals surface area contributed by atoms with Gasteiger partial charge in [0.25, 0.3) is 0 Å². The summed E-state index contributed by atoms with van der Waals surface area (Å²) in [5.41, 5.74) is 4.14. The molecule has 6 rings (SSSR count). The lowest BCUT2D eigenvalue weighted by atomic mass is 9.93. The van der Waals surface area contributed by atoms with E-state index in [1.54, 1.807) is 0 Å². The highest BCUT2D eigenvalue weighted by Crippen LogP contribution is 2.65. The lowest BCUT2D eigenvalue weighted by Crippen LogP contribution is -2.45. The number of hydrogen-bond acceptors (Lipinski definition) is 5. The van der Waals surface area contributed by atoms with E-state index in [0.717, 1.165) is 74.7 Å². The molecule has 8 heteroatoms. The molecule has 0 amide bonds. The lowest BCUT2D eigenvalue weighted by Gasteiger charge is -2.34. The van der Waals surface area contributed by atoms with Crippen LogP contribution in [0.5, 0.6) is 0 Å². The number of benzene rings is 2. The van der Waals surface area contributed by atoms with Crippen LogP contribution >= 0.6 is 23.2 Å². The van der Waals surface area contributed by atoms with E-state index in [0.29, 0.717) is 22.0 Å². The Hall–Kier alpha value is -2.30. The van der Waals surface area contributed by atoms with Crippen LogP contribution in [0.2, 0.25) is 10.0 Å². The third-order valence-electron chi connectivity index (χ3n) is 8.73. The highest BCUT2D eigenvalue weighted by Gasteiger charge is 2.63. The molecule has 1 aromatic heterocycles. The molecule has 2 saturated carbocycles. The Morgan fingerprint density at radius 3 is 2.61 bits per heavy atom. The van der Waals surface area contributed by atoms with Crippen LogP contribution in [-0.2, 0) is 5.41 Å². The van der Waals surface area contributed by atoms with Crippen molar-refractivity contribution in [2.24, 2.45) is 5.92 Å². The quantitative estimate of drug-likeness (QED) is 0.455. The van der Waals surface area contributed by atoms with Crippen LogP contribution in [0, 0.1) is 17.2 Å². The van der Waals surface area contributed by atoms with Crippen molar-refractivity contribution < 1.29 is 0 Å². The molecule has 1 saturated heterocycles. The number of piperazine rings is 1. The number of H-pyrrole nitrogens is 1. The van der Waals surface area contributed by atoms with Gasteiger partial charge in [-0.05, 0) is 75.0 Å². The van der Waals surface area contributed by atoms with Gasteiger partial charge < -0.3 is 19.7 Å². The summed E-state index contributed by atoms with van der Waals surface area (Å²) in [6, 6.07) is 14.7. The summed E-state index contributed by atoms with van der Waals surface area (Å²) in [7, 11) is 2.20. The highest BCUT2D eigenvalue weighted by molar-refractivity contribution is 6.42. The number of aromatic nitrogens is 2. The number of nitrogens with zero attached hydrogens (tertiary/aromatic N) is 5. The van der Waals surface area contributed by atoms with Crippen LogP contribution in [0.25, 0.3) is 11.0 Å². The topological polar surface area (TPSA) is 62.2 Å². The largest absolute Gasteiger partial charge is 0.339 e. The number of hydrogen-bond donors (Lipinski definition) is 1. The zero-order chi connectivity index (χ0) is 24.9. The molecule has 3 atom stereocenters. The van der Waals surface area contributed by atoms with Gasteiger partial charge in [-0.1, -0.05) is 35.3 Å². The molecule has 188 valence electrons. The van der Waals surface area contributed by atoms with Crippen molar-refractivity contribution in [1.82, 2.24) is 19.8 Å². The maximum atomic E-state index is 9.20. The smallest absolute Gasteiger partial charge is 0.204 e. The van der Waals surface area contributed by atoms with Gasteiger partial charge in [-0.25, -0.2) is 4.98 Å². The van der Waals surface area contributed by atoms with E-state index in [4.69, 9.17) is 28.2 Å². The number of anilines is 1. The number of likely N-dealkylation sites (N-methyl/N-ethyl adjacent to an activating group) is 1. The molecule has 3 fully saturated rings. The molecular weight excluding hydrogens is 491 g/mol. The van der Waals surface area contributed by atoms with Crippen LogP contribution in [0.4, 0.5) is 5.95 Å². The Morgan fingerprint density at radius 1 is 1.14 bits per heavy atom. The van der Waals surface area contributed by atoms with E-state index >= 15 is 0 Å². The van der Waals surface area contributed by atoms with Gasteiger partial charge in [-0.2, -0.15) is 5.26 Å². The molecule has 6 nitrogen and oxygen atoms in total. The Labute approximate surface area is 222 Å². The molecule has 36 heavy (non-hydrogen) atoms. The lowest BCUT2D eigenvalue weighted by molar-refractivity contribution is 0.153. The molecule has 2 aromatic carbocycles. The predicted molar refractivity (Wildman–Crippen MR) is 146 cm³/mol. The van der Waals surface area contributed by atoms with Crippen molar-refractivity contribution in [3.05, 3.63) is 57.6 Å². The zero-order valence-corrected chi connectivity index (χ0v) is 22.2. The molecular formula is C28H32Cl2N6. The average molecular weight is 524 g/mol. The minimum Gasteiger partial charge on any atom is -0.339 e. The fraction of sp³-hybridized carbons (Fsp3) is 0.500. The summed E-state index contributed by atoms with van der Waals surface area (Å²) in [6.45, 7) is 6.66. The number of nitriles is 1. The van der Waals surface area contributed by atoms with Crippen molar-refractivity contribution in [3.8, 4) is 6.07 Å². The molecule has 0 radical (unpaired) electrons. The Kier molecular flexibility index (Phi) is 6.37. The number of fused-ring (bicyclic) bond motifs is 2. The minimum absolute atomic E-state index is 0.243. The van der Waals surface area contributed by atoms with Crippen LogP contribution in [0.3, 0.4) is 0 Å². The number of halogens is 2. The number of aromatic amines is 1. The van der Waals surface area contributed by atoms with Crippen molar-refractivity contribution >= 4 is 40.2 Å². The second-order valence-electron chi connectivity index (χ2n) is 10.8. The van der Waals surface area contributed by atoms with Gasteiger partial charge in [0.05, 0.1) is 32.7 Å². The number of imidazole rings is 1. The maximum absolute atomic E-state index is 9.20. The first-order chi connectivity index (χ1) is 17.5. The standard InChI is InChI=1S/C28H32Cl2N6/c1-34-11-13-35(14-12-34)9-2-10-36(27-32-24-15-22(29)23(30)16-25(24)33-27)26-7-8-28(17-21(26)28)20-5-3-19(18-31)4-6-20/h3-6,15-16,21,26H,2,7-14,17H2,1H3,(H,32,33)/t21-,26-,28-/m1/s1. The Balaban J connectivity index is 1.24. The van der Waals surface area contributed by atoms with Crippen LogP contribution in [0.15, 0.2) is 36.4 Å². The molecule has 3 aliphatic rings. The van der Waals surface area contributed by atoms with Gasteiger partial charge in [0.15, 0.2) is 0 Å². The van der Waals surface area contributed by atoms with Gasteiger partial charge in [-0.15, -0.1) is 0 Å². The molecule has 0 spiro atoms. The first kappa shape index (κ1) is 24.1. The van der Waals surface area contributed by atoms with Crippen LogP contribution in [-0.4, -0.2) is 72.1 Å². The normalized spacial score (nSPS) is 26.2. The van der Waals surface area contributed by atoms with Gasteiger partial charge >= 0.3 is 0 Å². The molecule has 1 N–H and O–H groups in total. The number of nitrogens with one attached hydrogen (secondary N) is 1. The first-order valence-corrected chi connectivity index (χ1v) is 13.8. The summed E-state index contributed by atoms with van der Waals surface area (Å²) in [6.07, 6.45) is 4.64. The predicted octanol–water partition coefficient (Wildman–Crippen LogP) is 5.31. The van der Waals surface area contributed by atoms with Crippen molar-refractivity contribution in [2.45, 2.75) is 37.1 Å². The average Bonchev–Trinajstić information content (AvgIpc) is 3.30. The van der Waals surface area contributed by atoms with E-state index in [-0.39, 0.29) is 5.41 Å². The summed E-state index contributed by atoms with van der Waals surface area (Å²) in [4.78, 5) is 16.1. The maximum Gasteiger partial charge on any atom is 0.204 e. The summed E-state index contributed by atoms with van der Waals surface area (Å²) in [5.74, 6) is 1.53. The highest BCUT2D eigenvalue weighted by atomic mass is 35.5. The van der Waals surface area contributed by atoms with E-state index in [2.05, 4.69) is 44.9 Å². The molecule has 2 aliphatic carbocycles. The van der Waals surface area contributed by atoms with E-state index in [1.807, 2.05) is 24.3 Å². The van der Waals surface area contributed by atoms with E-state index in [9.17, 15) is 5.26 Å². The zero-order valence-electron chi connectivity index (χ0n) is 20.7. The second kappa shape index (κ2) is 9.54. The SMILES string of the molecule is CN1CCN(CCCN(c2nc3cc(Cl)c(Cl)cc3[nH]2)[C@@H]2CC[C@]3(c4ccc(C#N)cc4)C[C@H]23)CC1. The molecule has 0 bridgehead atoms. The second-order valence-corrected chi connectivity index (χ2v) is 11.6. The van der Waals surface area contributed by atoms with Crippen molar-refractivity contribution in [2.75, 3.05) is 51.2 Å². The van der Waals surface area contributed by atoms with E-state index in [1.165, 1.54) is 18.4 Å². The Bertz CT molecular complexity index is 1250. The van der Waals surface area contributed by atoms with Gasteiger partial charge in [-0.3, -0.25) is 0 Å². The summed E-state index contributed by atoms with van der Waals surface area (Å²) < 4.78 is 0. The number of rotatable bonds is 7. The molecule has 3 aromatic rings. The fourth-order valence-corrected chi connectivity index (χ4v) is 6.87. The fourth-order valence-electron chi connectivity index (χ4n) is 6.55. The first-order valence-electron chi connectivity index (χ1n) is 13.0. The van der Waals surface area contributed by atoms with Gasteiger partial charge in [0, 0.05) is 44.2 Å². The van der Waals surface area contributed by atoms with E-state index < -0.39 is 0 Å². The molecule has 0 unspecified atom stereocenters. The minimum atomic E-state index is 0.243. The molecule has 2 heterocycles. The third-order valence-corrected chi connectivity index (χ3v) is 9.45. The van der Waals surface area contributed by atoms with Gasteiger partial charge in [0.1, 0.15) is 0 Å². The monoisotopic (exact) mass is 522 g/mol. The van der Waals surface area contributed by atoms with Crippen molar-refractivity contribution in [1.29, 1.82) is 5.26 Å². The summed E-state index contributed by atoms with van der Waals surface area (Å²) in [5, 5.41) is 10.3. The van der Waals surface area contributed by atoms with Crippen LogP contribution < -0.4 is 4.90 Å². The third kappa shape index (κ3) is 4.37. The molecule has 1 aliphatic heterocycles. The van der Waals surface area contributed by atoms with Crippen LogP contribution in [0.1, 0.15) is 36.8 Å². The van der Waals surface area contributed by atoms with Gasteiger partial charge in [0.2, 0.25) is 5.95 Å². The van der Waals surface area contributed by atoms with Crippen molar-refractivity contribution in [3.63, 3.8) is 0 Å². The Morgan fingerprint density at radius 2 is 1.89 bits per heavy atom.